The highest BCUT2D eigenvalue weighted by Gasteiger charge is 2.50. The molecule has 3 N–H and O–H groups in total. The van der Waals surface area contributed by atoms with E-state index in [0.717, 1.165) is 5.56 Å². The normalized spacial score (nSPS) is 17.5. The van der Waals surface area contributed by atoms with Crippen LogP contribution in [0.4, 0.5) is 16.4 Å². The van der Waals surface area contributed by atoms with Gasteiger partial charge in [0.2, 0.25) is 5.95 Å². The van der Waals surface area contributed by atoms with Crippen LogP contribution in [-0.2, 0) is 15.9 Å². The minimum Gasteiger partial charge on any atom is -0.453 e. The van der Waals surface area contributed by atoms with E-state index in [1.54, 1.807) is 42.5 Å². The van der Waals surface area contributed by atoms with Gasteiger partial charge in [-0.15, -0.1) is 0 Å². The molecule has 1 atom stereocenters. The highest BCUT2D eigenvalue weighted by molar-refractivity contribution is 6.12. The Morgan fingerprint density at radius 1 is 1.09 bits per heavy atom. The molecule has 1 unspecified atom stereocenters. The summed E-state index contributed by atoms with van der Waals surface area (Å²) in [6, 6.07) is 20.0. The van der Waals surface area contributed by atoms with Crippen LogP contribution in [0.15, 0.2) is 66.7 Å². The van der Waals surface area contributed by atoms with Crippen molar-refractivity contribution in [3.8, 4) is 0 Å². The van der Waals surface area contributed by atoms with Crippen LogP contribution in [-0.4, -0.2) is 34.2 Å². The molecule has 0 fully saturated rings. The number of H-pyrrole nitrogens is 1. The van der Waals surface area contributed by atoms with Gasteiger partial charge in [-0.25, -0.2) is 9.78 Å². The zero-order valence-corrected chi connectivity index (χ0v) is 19.9. The van der Waals surface area contributed by atoms with E-state index in [4.69, 9.17) is 0 Å². The fourth-order valence-corrected chi connectivity index (χ4v) is 4.49. The first-order chi connectivity index (χ1) is 16.6. The van der Waals surface area contributed by atoms with Gasteiger partial charge in [-0.3, -0.25) is 15.0 Å². The average molecular weight is 471 g/mol. The maximum Gasteiger partial charge on any atom is 0.413 e. The minimum absolute atomic E-state index is 0.138. The second-order valence-corrected chi connectivity index (χ2v) is 9.59. The van der Waals surface area contributed by atoms with Crippen LogP contribution in [0, 0.1) is 0 Å². The summed E-state index contributed by atoms with van der Waals surface area (Å²) in [7, 11) is 1.27. The van der Waals surface area contributed by atoms with Gasteiger partial charge in [-0.1, -0.05) is 57.2 Å². The Bertz CT molecular complexity index is 1470. The number of aromatic nitrogens is 2. The molecule has 0 saturated carbocycles. The van der Waals surface area contributed by atoms with Crippen LogP contribution in [0.1, 0.15) is 47.8 Å². The second-order valence-electron chi connectivity index (χ2n) is 9.59. The van der Waals surface area contributed by atoms with E-state index in [0.29, 0.717) is 33.4 Å². The Balaban J connectivity index is 1.68. The van der Waals surface area contributed by atoms with E-state index < -0.39 is 11.8 Å². The summed E-state index contributed by atoms with van der Waals surface area (Å²) in [4.78, 5) is 34.1. The van der Waals surface area contributed by atoms with Crippen LogP contribution in [0.25, 0.3) is 11.0 Å². The molecule has 0 bridgehead atoms. The number of ether oxygens (including phenoxy) is 1. The number of hydrogen-bond donors (Lipinski definition) is 3. The number of rotatable bonds is 3. The van der Waals surface area contributed by atoms with E-state index in [1.165, 1.54) is 12.0 Å². The number of aromatic amines is 1. The molecule has 178 valence electrons. The number of benzene rings is 3. The molecule has 1 aromatic heterocycles. The lowest BCUT2D eigenvalue weighted by Crippen LogP contribution is -2.45. The van der Waals surface area contributed by atoms with Crippen molar-refractivity contribution >= 4 is 34.7 Å². The number of nitrogens with zero attached hydrogens (tertiary/aromatic N) is 2. The number of methoxy groups -OCH3 is 1. The number of anilines is 2. The van der Waals surface area contributed by atoms with Crippen molar-refractivity contribution in [1.29, 1.82) is 0 Å². The first-order valence-electron chi connectivity index (χ1n) is 11.2. The van der Waals surface area contributed by atoms with Gasteiger partial charge in [0, 0.05) is 22.4 Å². The second kappa shape index (κ2) is 7.95. The summed E-state index contributed by atoms with van der Waals surface area (Å²) in [5.41, 5.74) is 2.32. The molecule has 2 heterocycles. The van der Waals surface area contributed by atoms with E-state index in [2.05, 4.69) is 40.8 Å². The molecule has 8 nitrogen and oxygen atoms in total. The summed E-state index contributed by atoms with van der Waals surface area (Å²) >= 11 is 0. The average Bonchev–Trinajstić information content (AvgIpc) is 3.34. The third kappa shape index (κ3) is 3.63. The zero-order valence-electron chi connectivity index (χ0n) is 19.9. The standard InChI is InChI=1S/C27H26N4O4/c1-26(2,3)16-8-7-9-18(14-16)31-23(32)19-10-5-6-11-20(19)27(31,34)17-12-13-21-22(15-17)29-24(28-21)30-25(33)35-4/h5-15,34H,1-4H3,(H2,28,29,30,33). The predicted octanol–water partition coefficient (Wildman–Crippen LogP) is 4.89. The van der Waals surface area contributed by atoms with E-state index in [1.807, 2.05) is 24.3 Å². The van der Waals surface area contributed by atoms with Gasteiger partial charge in [0.15, 0.2) is 5.72 Å². The SMILES string of the molecule is COC(=O)Nc1nc2cc(C3(O)c4ccccc4C(=O)N3c3cccc(C(C)(C)C)c3)ccc2[nH]1. The molecule has 2 amide bonds. The molecule has 3 aromatic carbocycles. The Morgan fingerprint density at radius 2 is 1.86 bits per heavy atom. The summed E-state index contributed by atoms with van der Waals surface area (Å²) < 4.78 is 4.62. The Morgan fingerprint density at radius 3 is 2.60 bits per heavy atom. The zero-order chi connectivity index (χ0) is 25.0. The largest absolute Gasteiger partial charge is 0.453 e. The molecular weight excluding hydrogens is 444 g/mol. The molecule has 5 rings (SSSR count). The molecular formula is C27H26N4O4. The fourth-order valence-electron chi connectivity index (χ4n) is 4.49. The lowest BCUT2D eigenvalue weighted by molar-refractivity contribution is 0.0704. The van der Waals surface area contributed by atoms with Crippen molar-refractivity contribution in [3.05, 3.63) is 89.0 Å². The van der Waals surface area contributed by atoms with Crippen LogP contribution in [0.5, 0.6) is 0 Å². The molecule has 0 spiro atoms. The van der Waals surface area contributed by atoms with Crippen molar-refractivity contribution in [3.63, 3.8) is 0 Å². The number of amides is 2. The van der Waals surface area contributed by atoms with Crippen molar-refractivity contribution in [2.75, 3.05) is 17.3 Å². The maximum atomic E-state index is 13.7. The summed E-state index contributed by atoms with van der Waals surface area (Å²) in [5, 5.41) is 14.8. The monoisotopic (exact) mass is 470 g/mol. The van der Waals surface area contributed by atoms with Crippen LogP contribution in [0.2, 0.25) is 0 Å². The molecule has 35 heavy (non-hydrogen) atoms. The first kappa shape index (κ1) is 22.6. The topological polar surface area (TPSA) is 108 Å². The number of carbonyl (C=O) groups is 2. The van der Waals surface area contributed by atoms with Crippen molar-refractivity contribution < 1.29 is 19.4 Å². The number of fused-ring (bicyclic) bond motifs is 2. The smallest absolute Gasteiger partial charge is 0.413 e. The van der Waals surface area contributed by atoms with Crippen molar-refractivity contribution in [1.82, 2.24) is 9.97 Å². The lowest BCUT2D eigenvalue weighted by atomic mass is 9.86. The molecule has 4 aromatic rings. The molecule has 0 saturated heterocycles. The summed E-state index contributed by atoms with van der Waals surface area (Å²) in [6.07, 6.45) is -0.650. The van der Waals surface area contributed by atoms with E-state index >= 15 is 0 Å². The quantitative estimate of drug-likeness (QED) is 0.395. The van der Waals surface area contributed by atoms with Gasteiger partial charge < -0.3 is 14.8 Å². The van der Waals surface area contributed by atoms with Gasteiger partial charge in [0.05, 0.1) is 18.1 Å². The first-order valence-corrected chi connectivity index (χ1v) is 11.2. The third-order valence-electron chi connectivity index (χ3n) is 6.32. The van der Waals surface area contributed by atoms with Gasteiger partial charge in [-0.05, 0) is 41.3 Å². The number of hydrogen-bond acceptors (Lipinski definition) is 5. The Labute approximate surface area is 202 Å². The highest BCUT2D eigenvalue weighted by atomic mass is 16.5. The minimum atomic E-state index is -1.76. The van der Waals surface area contributed by atoms with Crippen molar-refractivity contribution in [2.24, 2.45) is 0 Å². The fraction of sp³-hybridized carbons (Fsp3) is 0.222. The maximum absolute atomic E-state index is 13.7. The predicted molar refractivity (Wildman–Crippen MR) is 134 cm³/mol. The van der Waals surface area contributed by atoms with Crippen LogP contribution < -0.4 is 10.2 Å². The van der Waals surface area contributed by atoms with Gasteiger partial charge >= 0.3 is 6.09 Å². The number of aliphatic hydroxyl groups is 1. The molecule has 0 radical (unpaired) electrons. The van der Waals surface area contributed by atoms with Gasteiger partial charge in [-0.2, -0.15) is 0 Å². The number of carbonyl (C=O) groups excluding carboxylic acids is 2. The lowest BCUT2D eigenvalue weighted by Gasteiger charge is -2.35. The molecule has 0 aliphatic carbocycles. The van der Waals surface area contributed by atoms with E-state index in [9.17, 15) is 14.7 Å². The van der Waals surface area contributed by atoms with Gasteiger partial charge in [0.1, 0.15) is 0 Å². The molecule has 8 heteroatoms. The van der Waals surface area contributed by atoms with Gasteiger partial charge in [0.25, 0.3) is 5.91 Å². The summed E-state index contributed by atoms with van der Waals surface area (Å²) in [5.74, 6) is -0.0713. The van der Waals surface area contributed by atoms with Crippen LogP contribution >= 0.6 is 0 Å². The number of nitrogens with one attached hydrogen (secondary N) is 2. The highest BCUT2D eigenvalue weighted by Crippen LogP contribution is 2.46. The summed E-state index contributed by atoms with van der Waals surface area (Å²) in [6.45, 7) is 6.30. The van der Waals surface area contributed by atoms with E-state index in [-0.39, 0.29) is 17.3 Å². The Kier molecular flexibility index (Phi) is 5.14. The Hall–Kier alpha value is -4.17. The number of imidazole rings is 1. The molecule has 1 aliphatic heterocycles. The molecule has 1 aliphatic rings. The third-order valence-corrected chi connectivity index (χ3v) is 6.32. The van der Waals surface area contributed by atoms with Crippen LogP contribution in [0.3, 0.4) is 0 Å². The van der Waals surface area contributed by atoms with Crippen molar-refractivity contribution in [2.45, 2.75) is 31.9 Å².